The molecule has 0 spiro atoms. The van der Waals surface area contributed by atoms with E-state index in [1.807, 2.05) is 23.6 Å². The maximum atomic E-state index is 12.6. The number of thiophene rings is 1. The van der Waals surface area contributed by atoms with Crippen molar-refractivity contribution in [1.82, 2.24) is 4.90 Å². The number of hydrogen-bond acceptors (Lipinski definition) is 4. The quantitative estimate of drug-likeness (QED) is 0.940. The largest absolute Gasteiger partial charge is 0.481 e. The number of rotatable bonds is 4. The SMILES string of the molecule is COCC1(C(=O)O)CCN(C(=O)c2ccc3sccc3c2)C1. The molecule has 3 rings (SSSR count). The number of carbonyl (C=O) groups is 2. The molecule has 1 aliphatic heterocycles. The summed E-state index contributed by atoms with van der Waals surface area (Å²) in [5.41, 5.74) is -0.388. The zero-order valence-corrected chi connectivity index (χ0v) is 13.1. The van der Waals surface area contributed by atoms with Crippen LogP contribution in [0.25, 0.3) is 10.1 Å². The summed E-state index contributed by atoms with van der Waals surface area (Å²) in [4.78, 5) is 25.8. The number of ether oxygens (including phenoxy) is 1. The molecule has 1 unspecified atom stereocenters. The van der Waals surface area contributed by atoms with Crippen LogP contribution in [0.2, 0.25) is 0 Å². The average Bonchev–Trinajstić information content (AvgIpc) is 3.13. The van der Waals surface area contributed by atoms with Gasteiger partial charge < -0.3 is 14.7 Å². The van der Waals surface area contributed by atoms with Crippen LogP contribution in [-0.2, 0) is 9.53 Å². The van der Waals surface area contributed by atoms with E-state index in [0.717, 1.165) is 10.1 Å². The lowest BCUT2D eigenvalue weighted by Gasteiger charge is -2.23. The molecule has 6 heteroatoms. The fraction of sp³-hybridized carbons (Fsp3) is 0.375. The Hall–Kier alpha value is -1.92. The number of amides is 1. The van der Waals surface area contributed by atoms with Gasteiger partial charge in [0.05, 0.1) is 6.61 Å². The molecule has 0 bridgehead atoms. The van der Waals surface area contributed by atoms with E-state index < -0.39 is 11.4 Å². The van der Waals surface area contributed by atoms with Crippen LogP contribution in [0.5, 0.6) is 0 Å². The zero-order chi connectivity index (χ0) is 15.7. The molecule has 1 N–H and O–H groups in total. The molecule has 1 fully saturated rings. The molecule has 0 aliphatic carbocycles. The second kappa shape index (κ2) is 5.70. The van der Waals surface area contributed by atoms with E-state index in [2.05, 4.69) is 0 Å². The summed E-state index contributed by atoms with van der Waals surface area (Å²) in [6.45, 7) is 0.753. The van der Waals surface area contributed by atoms with E-state index in [1.54, 1.807) is 22.3 Å². The third kappa shape index (κ3) is 2.48. The molecule has 116 valence electrons. The summed E-state index contributed by atoms with van der Waals surface area (Å²) in [5, 5.41) is 12.5. The Labute approximate surface area is 132 Å². The van der Waals surface area contributed by atoms with Gasteiger partial charge in [-0.1, -0.05) is 0 Å². The van der Waals surface area contributed by atoms with Crippen molar-refractivity contribution in [3.05, 3.63) is 35.2 Å². The monoisotopic (exact) mass is 319 g/mol. The number of nitrogens with zero attached hydrogens (tertiary/aromatic N) is 1. The lowest BCUT2D eigenvalue weighted by atomic mass is 9.88. The first-order valence-electron chi connectivity index (χ1n) is 7.05. The van der Waals surface area contributed by atoms with Crippen LogP contribution in [0.1, 0.15) is 16.8 Å². The summed E-state index contributed by atoms with van der Waals surface area (Å²) in [5.74, 6) is -1.02. The fourth-order valence-electron chi connectivity index (χ4n) is 2.96. The summed E-state index contributed by atoms with van der Waals surface area (Å²) in [6, 6.07) is 7.58. The molecule has 5 nitrogen and oxygen atoms in total. The second-order valence-electron chi connectivity index (χ2n) is 5.67. The first-order valence-corrected chi connectivity index (χ1v) is 7.93. The summed E-state index contributed by atoms with van der Waals surface area (Å²) in [6.07, 6.45) is 0.419. The number of benzene rings is 1. The first-order chi connectivity index (χ1) is 10.6. The average molecular weight is 319 g/mol. The lowest BCUT2D eigenvalue weighted by Crippen LogP contribution is -2.40. The third-order valence-corrected chi connectivity index (χ3v) is 5.11. The Balaban J connectivity index is 1.82. The smallest absolute Gasteiger partial charge is 0.313 e. The molecule has 2 heterocycles. The van der Waals surface area contributed by atoms with Gasteiger partial charge in [0.25, 0.3) is 5.91 Å². The van der Waals surface area contributed by atoms with Gasteiger partial charge in [0.2, 0.25) is 0 Å². The second-order valence-corrected chi connectivity index (χ2v) is 6.62. The maximum Gasteiger partial charge on any atom is 0.313 e. The van der Waals surface area contributed by atoms with Gasteiger partial charge in [-0.3, -0.25) is 9.59 Å². The van der Waals surface area contributed by atoms with Crippen LogP contribution in [0.4, 0.5) is 0 Å². The summed E-state index contributed by atoms with van der Waals surface area (Å²) in [7, 11) is 1.49. The molecule has 1 saturated heterocycles. The predicted molar refractivity (Wildman–Crippen MR) is 84.3 cm³/mol. The molecular weight excluding hydrogens is 302 g/mol. The van der Waals surface area contributed by atoms with E-state index in [-0.39, 0.29) is 19.1 Å². The normalized spacial score (nSPS) is 21.4. The molecular formula is C16H17NO4S. The Morgan fingerprint density at radius 3 is 2.95 bits per heavy atom. The van der Waals surface area contributed by atoms with Gasteiger partial charge in [0, 0.05) is 30.5 Å². The van der Waals surface area contributed by atoms with Crippen LogP contribution in [0.3, 0.4) is 0 Å². The molecule has 22 heavy (non-hydrogen) atoms. The number of hydrogen-bond donors (Lipinski definition) is 1. The standard InChI is InChI=1S/C16H17NO4S/c1-21-10-16(15(19)20)5-6-17(9-16)14(18)12-2-3-13-11(8-12)4-7-22-13/h2-4,7-8H,5-6,9-10H2,1H3,(H,19,20). The number of fused-ring (bicyclic) bond motifs is 1. The van der Waals surface area contributed by atoms with Crippen molar-refractivity contribution in [2.45, 2.75) is 6.42 Å². The molecule has 0 saturated carbocycles. The molecule has 1 amide bonds. The van der Waals surface area contributed by atoms with Crippen molar-refractivity contribution in [2.24, 2.45) is 5.41 Å². The number of carboxylic acid groups (broad SMARTS) is 1. The van der Waals surface area contributed by atoms with Crippen molar-refractivity contribution >= 4 is 33.3 Å². The van der Waals surface area contributed by atoms with E-state index in [4.69, 9.17) is 4.74 Å². The van der Waals surface area contributed by atoms with Crippen molar-refractivity contribution < 1.29 is 19.4 Å². The number of carbonyl (C=O) groups excluding carboxylic acids is 1. The lowest BCUT2D eigenvalue weighted by molar-refractivity contribution is -0.151. The van der Waals surface area contributed by atoms with Crippen molar-refractivity contribution in [1.29, 1.82) is 0 Å². The van der Waals surface area contributed by atoms with Gasteiger partial charge in [-0.2, -0.15) is 0 Å². The first kappa shape index (κ1) is 15.0. The number of methoxy groups -OCH3 is 1. The summed E-state index contributed by atoms with van der Waals surface area (Å²) < 4.78 is 6.19. The van der Waals surface area contributed by atoms with Crippen LogP contribution in [-0.4, -0.2) is 48.7 Å². The molecule has 1 aliphatic rings. The third-order valence-electron chi connectivity index (χ3n) is 4.21. The van der Waals surface area contributed by atoms with E-state index in [9.17, 15) is 14.7 Å². The van der Waals surface area contributed by atoms with E-state index in [1.165, 1.54) is 7.11 Å². The number of carboxylic acids is 1. The maximum absolute atomic E-state index is 12.6. The zero-order valence-electron chi connectivity index (χ0n) is 12.2. The Morgan fingerprint density at radius 1 is 1.41 bits per heavy atom. The fourth-order valence-corrected chi connectivity index (χ4v) is 3.73. The van der Waals surface area contributed by atoms with Gasteiger partial charge in [-0.25, -0.2) is 0 Å². The van der Waals surface area contributed by atoms with Crippen molar-refractivity contribution in [2.75, 3.05) is 26.8 Å². The molecule has 1 atom stereocenters. The Kier molecular flexibility index (Phi) is 3.88. The summed E-state index contributed by atoms with van der Waals surface area (Å²) >= 11 is 1.63. The van der Waals surface area contributed by atoms with E-state index in [0.29, 0.717) is 18.5 Å². The van der Waals surface area contributed by atoms with Gasteiger partial charge >= 0.3 is 5.97 Å². The van der Waals surface area contributed by atoms with Gasteiger partial charge in [0.15, 0.2) is 0 Å². The molecule has 0 radical (unpaired) electrons. The highest BCUT2D eigenvalue weighted by Crippen LogP contribution is 2.32. The number of aliphatic carboxylic acids is 1. The molecule has 2 aromatic rings. The molecule has 1 aromatic heterocycles. The number of likely N-dealkylation sites (tertiary alicyclic amines) is 1. The van der Waals surface area contributed by atoms with Crippen molar-refractivity contribution in [3.63, 3.8) is 0 Å². The molecule has 1 aromatic carbocycles. The van der Waals surface area contributed by atoms with Crippen LogP contribution < -0.4 is 0 Å². The van der Waals surface area contributed by atoms with Gasteiger partial charge in [-0.15, -0.1) is 11.3 Å². The van der Waals surface area contributed by atoms with Crippen LogP contribution in [0, 0.1) is 5.41 Å². The van der Waals surface area contributed by atoms with Crippen molar-refractivity contribution in [3.8, 4) is 0 Å². The van der Waals surface area contributed by atoms with Crippen LogP contribution >= 0.6 is 11.3 Å². The highest BCUT2D eigenvalue weighted by Gasteiger charge is 2.46. The van der Waals surface area contributed by atoms with E-state index >= 15 is 0 Å². The minimum Gasteiger partial charge on any atom is -0.481 e. The topological polar surface area (TPSA) is 66.8 Å². The minimum atomic E-state index is -0.989. The van der Waals surface area contributed by atoms with Gasteiger partial charge in [-0.05, 0) is 41.5 Å². The highest BCUT2D eigenvalue weighted by atomic mass is 32.1. The Morgan fingerprint density at radius 2 is 2.23 bits per heavy atom. The van der Waals surface area contributed by atoms with Crippen LogP contribution in [0.15, 0.2) is 29.6 Å². The minimum absolute atomic E-state index is 0.118. The Bertz CT molecular complexity index is 726. The predicted octanol–water partition coefficient (Wildman–Crippen LogP) is 2.46. The highest BCUT2D eigenvalue weighted by molar-refractivity contribution is 7.17. The van der Waals surface area contributed by atoms with Gasteiger partial charge in [0.1, 0.15) is 5.41 Å².